The van der Waals surface area contributed by atoms with Crippen LogP contribution in [0.1, 0.15) is 23.0 Å². The number of carbonyl (C=O) groups excluding carboxylic acids is 1. The molecule has 0 amide bonds. The lowest BCUT2D eigenvalue weighted by Gasteiger charge is -2.22. The largest absolute Gasteiger partial charge is 0.490 e. The summed E-state index contributed by atoms with van der Waals surface area (Å²) in [5.74, 6) is -2.61. The second-order valence-corrected chi connectivity index (χ2v) is 15.5. The highest BCUT2D eigenvalue weighted by Crippen LogP contribution is 2.71. The Kier molecular flexibility index (Phi) is 11.8. The first-order valence-corrected chi connectivity index (χ1v) is 18.2. The number of rotatable bonds is 15. The third-order valence-electron chi connectivity index (χ3n) is 5.34. The third-order valence-corrected chi connectivity index (χ3v) is 11.8. The molecule has 45 heavy (non-hydrogen) atoms. The van der Waals surface area contributed by atoms with Crippen molar-refractivity contribution in [1.82, 2.24) is 9.55 Å². The topological polar surface area (TPSA) is 334 Å². The zero-order chi connectivity index (χ0) is 33.8. The van der Waals surface area contributed by atoms with E-state index in [9.17, 15) is 62.1 Å². The minimum absolute atomic E-state index is 0.00788. The van der Waals surface area contributed by atoms with E-state index in [1.807, 2.05) is 4.98 Å². The van der Waals surface area contributed by atoms with Gasteiger partial charge in [-0.2, -0.15) is 8.62 Å². The summed E-state index contributed by atoms with van der Waals surface area (Å²) < 4.78 is 75.3. The van der Waals surface area contributed by atoms with Crippen LogP contribution < -0.4 is 11.2 Å². The van der Waals surface area contributed by atoms with E-state index in [-0.39, 0.29) is 5.56 Å². The molecule has 3 rings (SSSR count). The van der Waals surface area contributed by atoms with Gasteiger partial charge in [0.2, 0.25) is 0 Å². The number of nitrogens with one attached hydrogen (secondary N) is 1. The monoisotopic (exact) mass is 724 g/mol. The maximum Gasteiger partial charge on any atom is 0.490 e. The number of aliphatic hydroxyl groups excluding tert-OH is 1. The molecule has 0 saturated carbocycles. The SMILES string of the molecule is O=C(O)CCP(=O)(O)OP(=O)(O)OP(=O)(O)OP(=O)(O)OC[C@H]1O[C@@H](n2ccc(=O)[nH]c2=O)[C@@H](OC(=O)c2ccccc2)C1O. The van der Waals surface area contributed by atoms with E-state index >= 15 is 0 Å². The summed E-state index contributed by atoms with van der Waals surface area (Å²) in [7, 11) is -23.2. The number of hydrogen-bond acceptors (Lipinski definition) is 15. The van der Waals surface area contributed by atoms with Gasteiger partial charge in [-0.05, 0) is 12.1 Å². The van der Waals surface area contributed by atoms with Crippen molar-refractivity contribution < 1.29 is 84.6 Å². The van der Waals surface area contributed by atoms with Gasteiger partial charge in [-0.25, -0.2) is 27.6 Å². The van der Waals surface area contributed by atoms with Crippen LogP contribution in [0.3, 0.4) is 0 Å². The summed E-state index contributed by atoms with van der Waals surface area (Å²) >= 11 is 0. The molecule has 2 aromatic rings. The number of aliphatic hydroxyl groups is 1. The van der Waals surface area contributed by atoms with E-state index in [2.05, 4.69) is 17.5 Å². The molecule has 1 aromatic heterocycles. The lowest BCUT2D eigenvalue weighted by atomic mass is 10.1. The normalized spacial score (nSPS) is 25.3. The number of carboxylic acids is 1. The Morgan fingerprint density at radius 2 is 1.51 bits per heavy atom. The van der Waals surface area contributed by atoms with Crippen LogP contribution in [-0.4, -0.2) is 82.4 Å². The molecule has 2 heterocycles. The lowest BCUT2D eigenvalue weighted by molar-refractivity contribution is -0.136. The molecule has 250 valence electrons. The molecule has 1 saturated heterocycles. The zero-order valence-electron chi connectivity index (χ0n) is 22.1. The summed E-state index contributed by atoms with van der Waals surface area (Å²) in [5, 5.41) is 19.3. The Labute approximate surface area is 250 Å². The van der Waals surface area contributed by atoms with Crippen LogP contribution in [0, 0.1) is 0 Å². The molecule has 1 aromatic carbocycles. The van der Waals surface area contributed by atoms with E-state index in [4.69, 9.17) is 14.6 Å². The van der Waals surface area contributed by atoms with Crippen molar-refractivity contribution in [1.29, 1.82) is 0 Å². The molecule has 0 bridgehead atoms. The smallest absolute Gasteiger partial charge is 0.481 e. The number of phosphoric acid groups is 3. The fraction of sp³-hybridized carbons (Fsp3) is 0.368. The number of phosphoric ester groups is 1. The van der Waals surface area contributed by atoms with Gasteiger partial charge in [0.15, 0.2) is 12.3 Å². The molecule has 1 aliphatic rings. The maximum atomic E-state index is 12.7. The highest BCUT2D eigenvalue weighted by Gasteiger charge is 2.50. The van der Waals surface area contributed by atoms with Crippen LogP contribution >= 0.6 is 31.1 Å². The first-order chi connectivity index (χ1) is 20.7. The maximum absolute atomic E-state index is 12.7. The highest BCUT2D eigenvalue weighted by atomic mass is 31.3. The molecular formula is C19H24N2O20P4. The third kappa shape index (κ3) is 11.0. The van der Waals surface area contributed by atoms with Crippen LogP contribution in [0.4, 0.5) is 0 Å². The summed E-state index contributed by atoms with van der Waals surface area (Å²) in [4.78, 5) is 87.4. The van der Waals surface area contributed by atoms with Gasteiger partial charge in [0.05, 0.1) is 24.8 Å². The van der Waals surface area contributed by atoms with E-state index in [0.717, 1.165) is 12.3 Å². The number of aliphatic carboxylic acids is 1. The first-order valence-electron chi connectivity index (χ1n) is 11.9. The van der Waals surface area contributed by atoms with Crippen molar-refractivity contribution in [3.8, 4) is 0 Å². The van der Waals surface area contributed by atoms with Gasteiger partial charge < -0.3 is 39.3 Å². The van der Waals surface area contributed by atoms with E-state index in [0.29, 0.717) is 4.57 Å². The number of hydrogen-bond donors (Lipinski definition) is 7. The highest BCUT2D eigenvalue weighted by molar-refractivity contribution is 7.70. The number of ether oxygens (including phenoxy) is 2. The van der Waals surface area contributed by atoms with E-state index in [1.165, 1.54) is 24.3 Å². The van der Waals surface area contributed by atoms with Gasteiger partial charge in [0.1, 0.15) is 12.2 Å². The first kappa shape index (κ1) is 36.8. The Morgan fingerprint density at radius 1 is 0.911 bits per heavy atom. The molecule has 5 unspecified atom stereocenters. The Hall–Kier alpha value is -2.64. The quantitative estimate of drug-likeness (QED) is 0.0942. The molecule has 7 N–H and O–H groups in total. The molecule has 1 aliphatic heterocycles. The predicted octanol–water partition coefficient (Wildman–Crippen LogP) is 0.0482. The number of aromatic nitrogens is 2. The number of benzene rings is 1. The molecule has 26 heteroatoms. The molecule has 1 fully saturated rings. The van der Waals surface area contributed by atoms with Crippen molar-refractivity contribution in [3.63, 3.8) is 0 Å². The number of esters is 1. The van der Waals surface area contributed by atoms with Crippen LogP contribution in [0.5, 0.6) is 0 Å². The number of carboxylic acid groups (broad SMARTS) is 1. The van der Waals surface area contributed by atoms with Crippen molar-refractivity contribution in [2.75, 3.05) is 12.8 Å². The van der Waals surface area contributed by atoms with E-state index < -0.39 is 98.0 Å². The summed E-state index contributed by atoms with van der Waals surface area (Å²) in [6.45, 7) is -1.21. The van der Waals surface area contributed by atoms with Crippen LogP contribution in [0.15, 0.2) is 52.2 Å². The van der Waals surface area contributed by atoms with Gasteiger partial charge >= 0.3 is 48.7 Å². The number of nitrogens with zero attached hydrogens (tertiary/aromatic N) is 1. The van der Waals surface area contributed by atoms with Crippen LogP contribution in [0.2, 0.25) is 0 Å². The number of H-pyrrole nitrogens is 1. The molecular weight excluding hydrogens is 700 g/mol. The standard InChI is InChI=1S/C19H24N2O20P4/c22-13-6-8-21(19(27)20-13)17-16(38-18(26)11-4-2-1-3-5-11)15(25)12(37-17)10-36-43(30,31)40-45(34,35)41-44(32,33)39-42(28,29)9-7-14(23)24/h1-6,8,12,15-17,25H,7,9-10H2,(H,23,24)(H,28,29)(H,30,31)(H,32,33)(H,34,35)(H,20,22,27)/t12-,15?,16+,17-/m1/s1. The van der Waals surface area contributed by atoms with Gasteiger partial charge in [0, 0.05) is 12.3 Å². The van der Waals surface area contributed by atoms with Crippen molar-refractivity contribution in [2.45, 2.75) is 31.0 Å². The summed E-state index contributed by atoms with van der Waals surface area (Å²) in [6, 6.07) is 8.16. The number of carbonyl (C=O) groups is 2. The van der Waals surface area contributed by atoms with E-state index in [1.54, 1.807) is 6.07 Å². The average Bonchev–Trinajstić information content (AvgIpc) is 3.19. The molecule has 0 spiro atoms. The van der Waals surface area contributed by atoms with Crippen LogP contribution in [0.25, 0.3) is 0 Å². The molecule has 22 nitrogen and oxygen atoms in total. The molecule has 8 atom stereocenters. The van der Waals surface area contributed by atoms with Crippen molar-refractivity contribution >= 4 is 43.0 Å². The molecule has 0 aliphatic carbocycles. The van der Waals surface area contributed by atoms with Gasteiger partial charge in [-0.3, -0.25) is 28.2 Å². The lowest BCUT2D eigenvalue weighted by Crippen LogP contribution is -2.40. The summed E-state index contributed by atoms with van der Waals surface area (Å²) in [6.07, 6.45) is -8.43. The predicted molar refractivity (Wildman–Crippen MR) is 143 cm³/mol. The Morgan fingerprint density at radius 3 is 2.11 bits per heavy atom. The average molecular weight is 724 g/mol. The van der Waals surface area contributed by atoms with Gasteiger partial charge in [0.25, 0.3) is 5.56 Å². The minimum Gasteiger partial charge on any atom is -0.481 e. The number of aromatic amines is 1. The van der Waals surface area contributed by atoms with Crippen molar-refractivity contribution in [3.05, 3.63) is 69.0 Å². The second-order valence-electron chi connectivity index (χ2n) is 8.76. The fourth-order valence-corrected chi connectivity index (χ4v) is 9.00. The van der Waals surface area contributed by atoms with Gasteiger partial charge in [-0.1, -0.05) is 18.2 Å². The zero-order valence-corrected chi connectivity index (χ0v) is 25.7. The fourth-order valence-electron chi connectivity index (χ4n) is 3.52. The van der Waals surface area contributed by atoms with Crippen molar-refractivity contribution in [2.24, 2.45) is 0 Å². The summed E-state index contributed by atoms with van der Waals surface area (Å²) in [5.41, 5.74) is -1.89. The van der Waals surface area contributed by atoms with Gasteiger partial charge in [-0.15, -0.1) is 0 Å². The Bertz CT molecular complexity index is 1710. The van der Waals surface area contributed by atoms with Crippen LogP contribution in [-0.2, 0) is 50.0 Å². The molecule has 0 radical (unpaired) electrons. The minimum atomic E-state index is -6.15. The second kappa shape index (κ2) is 14.4. The Balaban J connectivity index is 1.72.